The van der Waals surface area contributed by atoms with Crippen LogP contribution in [0.3, 0.4) is 0 Å². The van der Waals surface area contributed by atoms with Crippen LogP contribution in [0.15, 0.2) is 0 Å². The summed E-state index contributed by atoms with van der Waals surface area (Å²) < 4.78 is 5.09. The van der Waals surface area contributed by atoms with E-state index < -0.39 is 11.6 Å². The second-order valence-electron chi connectivity index (χ2n) is 4.79. The molecule has 1 fully saturated rings. The van der Waals surface area contributed by atoms with Gasteiger partial charge in [-0.3, -0.25) is 0 Å². The highest BCUT2D eigenvalue weighted by Crippen LogP contribution is 2.08. The number of nitrogens with zero attached hydrogens (tertiary/aromatic N) is 1. The fourth-order valence-corrected chi connectivity index (χ4v) is 1.43. The molecule has 0 aromatic heterocycles. The van der Waals surface area contributed by atoms with Gasteiger partial charge < -0.3 is 9.64 Å². The van der Waals surface area contributed by atoms with Gasteiger partial charge >= 0.3 is 5.97 Å². The molecule has 15 heavy (non-hydrogen) atoms. The van der Waals surface area contributed by atoms with Gasteiger partial charge in [-0.15, -0.1) is 0 Å². The molecular formula is C12H19NO2. The number of likely N-dealkylation sites (tertiary alicyclic amines) is 1. The summed E-state index contributed by atoms with van der Waals surface area (Å²) in [5.74, 6) is 2.09. The van der Waals surface area contributed by atoms with Crippen LogP contribution in [0.2, 0.25) is 0 Å². The lowest BCUT2D eigenvalue weighted by Gasteiger charge is -2.22. The first-order valence-electron chi connectivity index (χ1n) is 5.47. The fraction of sp³-hybridized carbons (Fsp3) is 0.750. The van der Waals surface area contributed by atoms with Gasteiger partial charge in [-0.05, 0) is 40.0 Å². The average Bonchev–Trinajstić information content (AvgIpc) is 2.14. The lowest BCUT2D eigenvalue weighted by molar-refractivity contribution is -0.147. The van der Waals surface area contributed by atoms with Crippen molar-refractivity contribution in [3.63, 3.8) is 0 Å². The second kappa shape index (κ2) is 5.06. The van der Waals surface area contributed by atoms with Crippen LogP contribution in [0.1, 0.15) is 40.0 Å². The van der Waals surface area contributed by atoms with Crippen molar-refractivity contribution in [2.75, 3.05) is 13.1 Å². The van der Waals surface area contributed by atoms with Crippen LogP contribution in [0.5, 0.6) is 0 Å². The molecule has 0 unspecified atom stereocenters. The summed E-state index contributed by atoms with van der Waals surface area (Å²) in [5.41, 5.74) is -0.451. The molecule has 3 heteroatoms. The number of hydrogen-bond donors (Lipinski definition) is 0. The van der Waals surface area contributed by atoms with E-state index in [0.717, 1.165) is 13.1 Å². The largest absolute Gasteiger partial charge is 0.450 e. The van der Waals surface area contributed by atoms with Crippen LogP contribution in [-0.2, 0) is 9.53 Å². The molecule has 1 rings (SSSR count). The third-order valence-electron chi connectivity index (χ3n) is 2.07. The molecule has 0 aromatic rings. The maximum atomic E-state index is 11.3. The van der Waals surface area contributed by atoms with Crippen molar-refractivity contribution in [2.24, 2.45) is 0 Å². The van der Waals surface area contributed by atoms with Crippen LogP contribution in [0.4, 0.5) is 0 Å². The van der Waals surface area contributed by atoms with Gasteiger partial charge in [-0.25, -0.2) is 4.79 Å². The first kappa shape index (κ1) is 11.9. The Morgan fingerprint density at radius 3 is 2.33 bits per heavy atom. The number of rotatable bonds is 0. The Balaban J connectivity index is 2.39. The van der Waals surface area contributed by atoms with Gasteiger partial charge in [-0.1, -0.05) is 0 Å². The van der Waals surface area contributed by atoms with E-state index in [4.69, 9.17) is 4.74 Å². The average molecular weight is 209 g/mol. The van der Waals surface area contributed by atoms with Crippen LogP contribution >= 0.6 is 0 Å². The van der Waals surface area contributed by atoms with Gasteiger partial charge in [0.1, 0.15) is 5.60 Å². The van der Waals surface area contributed by atoms with Crippen molar-refractivity contribution in [1.29, 1.82) is 0 Å². The van der Waals surface area contributed by atoms with Crippen LogP contribution < -0.4 is 0 Å². The molecule has 0 radical (unpaired) electrons. The molecule has 0 amide bonds. The monoisotopic (exact) mass is 209 g/mol. The van der Waals surface area contributed by atoms with Gasteiger partial charge in [0, 0.05) is 25.1 Å². The third kappa shape index (κ3) is 5.31. The molecule has 0 aliphatic carbocycles. The SMILES string of the molecule is CC(C)(C)OC(=O)C#CN1CCCCC1. The Labute approximate surface area is 91.8 Å². The highest BCUT2D eigenvalue weighted by Gasteiger charge is 2.14. The summed E-state index contributed by atoms with van der Waals surface area (Å²) in [4.78, 5) is 13.3. The van der Waals surface area contributed by atoms with E-state index in [1.54, 1.807) is 0 Å². The van der Waals surface area contributed by atoms with Gasteiger partial charge in [0.05, 0.1) is 0 Å². The second-order valence-corrected chi connectivity index (χ2v) is 4.79. The van der Waals surface area contributed by atoms with Gasteiger partial charge in [-0.2, -0.15) is 0 Å². The quantitative estimate of drug-likeness (QED) is 0.450. The van der Waals surface area contributed by atoms with Crippen LogP contribution in [0.25, 0.3) is 0 Å². The van der Waals surface area contributed by atoms with Gasteiger partial charge in [0.25, 0.3) is 0 Å². The third-order valence-corrected chi connectivity index (χ3v) is 2.07. The number of piperidine rings is 1. The fourth-order valence-electron chi connectivity index (χ4n) is 1.43. The highest BCUT2D eigenvalue weighted by molar-refractivity contribution is 5.88. The Kier molecular flexibility index (Phi) is 4.02. The van der Waals surface area contributed by atoms with Crippen molar-refractivity contribution in [3.8, 4) is 12.0 Å². The van der Waals surface area contributed by atoms with Crippen molar-refractivity contribution < 1.29 is 9.53 Å². The summed E-state index contributed by atoms with van der Waals surface area (Å²) in [6.45, 7) is 7.46. The zero-order valence-corrected chi connectivity index (χ0v) is 9.80. The zero-order valence-electron chi connectivity index (χ0n) is 9.80. The molecule has 1 saturated heterocycles. The van der Waals surface area contributed by atoms with Crippen LogP contribution in [-0.4, -0.2) is 29.6 Å². The lowest BCUT2D eigenvalue weighted by Crippen LogP contribution is -2.26. The molecule has 1 heterocycles. The molecule has 0 spiro atoms. The van der Waals surface area contributed by atoms with E-state index in [1.807, 2.05) is 25.7 Å². The number of carbonyl (C=O) groups excluding carboxylic acids is 1. The van der Waals surface area contributed by atoms with Crippen LogP contribution in [0, 0.1) is 12.0 Å². The minimum absolute atomic E-state index is 0.437. The number of esters is 1. The lowest BCUT2D eigenvalue weighted by atomic mass is 10.1. The Bertz CT molecular complexity index is 274. The summed E-state index contributed by atoms with van der Waals surface area (Å²) in [6, 6.07) is 2.85. The predicted molar refractivity (Wildman–Crippen MR) is 59.0 cm³/mol. The predicted octanol–water partition coefficient (Wildman–Crippen LogP) is 1.77. The summed E-state index contributed by atoms with van der Waals surface area (Å²) in [6.07, 6.45) is 3.61. The molecule has 0 atom stereocenters. The summed E-state index contributed by atoms with van der Waals surface area (Å²) in [5, 5.41) is 0. The van der Waals surface area contributed by atoms with E-state index in [-0.39, 0.29) is 0 Å². The minimum atomic E-state index is -0.451. The first-order valence-corrected chi connectivity index (χ1v) is 5.47. The van der Waals surface area contributed by atoms with E-state index in [0.29, 0.717) is 0 Å². The standard InChI is InChI=1S/C12H19NO2/c1-12(2,3)15-11(14)7-10-13-8-5-4-6-9-13/h4-6,8-9H2,1-3H3. The molecule has 3 nitrogen and oxygen atoms in total. The first-order chi connectivity index (χ1) is 6.97. The molecule has 1 aliphatic rings. The van der Waals surface area contributed by atoms with E-state index >= 15 is 0 Å². The maximum absolute atomic E-state index is 11.3. The normalized spacial score (nSPS) is 16.6. The number of hydrogen-bond acceptors (Lipinski definition) is 3. The molecule has 1 aliphatic heterocycles. The molecule has 0 aromatic carbocycles. The van der Waals surface area contributed by atoms with Crippen molar-refractivity contribution in [1.82, 2.24) is 4.90 Å². The topological polar surface area (TPSA) is 29.5 Å². The smallest absolute Gasteiger partial charge is 0.386 e. The highest BCUT2D eigenvalue weighted by atomic mass is 16.6. The Hall–Kier alpha value is -1.17. The summed E-state index contributed by atoms with van der Waals surface area (Å²) >= 11 is 0. The van der Waals surface area contributed by atoms with E-state index in [9.17, 15) is 4.79 Å². The number of ether oxygens (including phenoxy) is 1. The Morgan fingerprint density at radius 1 is 1.20 bits per heavy atom. The molecule has 0 saturated carbocycles. The minimum Gasteiger partial charge on any atom is -0.450 e. The van der Waals surface area contributed by atoms with E-state index in [1.165, 1.54) is 19.3 Å². The Morgan fingerprint density at radius 2 is 1.80 bits per heavy atom. The van der Waals surface area contributed by atoms with Gasteiger partial charge in [0.15, 0.2) is 0 Å². The van der Waals surface area contributed by atoms with Crippen molar-refractivity contribution >= 4 is 5.97 Å². The molecule has 0 N–H and O–H groups in total. The van der Waals surface area contributed by atoms with Crippen molar-refractivity contribution in [2.45, 2.75) is 45.6 Å². The van der Waals surface area contributed by atoms with Gasteiger partial charge in [0.2, 0.25) is 0 Å². The van der Waals surface area contributed by atoms with E-state index in [2.05, 4.69) is 12.0 Å². The van der Waals surface area contributed by atoms with Crippen molar-refractivity contribution in [3.05, 3.63) is 0 Å². The summed E-state index contributed by atoms with van der Waals surface area (Å²) in [7, 11) is 0. The molecule has 84 valence electrons. The zero-order chi connectivity index (χ0) is 11.3. The molecular weight excluding hydrogens is 190 g/mol. The maximum Gasteiger partial charge on any atom is 0.386 e. The molecule has 0 bridgehead atoms. The number of carbonyl (C=O) groups is 1.